The van der Waals surface area contributed by atoms with Crippen LogP contribution >= 0.6 is 23.1 Å². The van der Waals surface area contributed by atoms with Gasteiger partial charge in [0, 0.05) is 24.5 Å². The Hall–Kier alpha value is -1.91. The predicted molar refractivity (Wildman–Crippen MR) is 86.5 cm³/mol. The molecule has 2 aromatic heterocycles. The molecule has 4 rings (SSSR count). The number of fused-ring (bicyclic) bond motifs is 1. The van der Waals surface area contributed by atoms with Crippen LogP contribution in [-0.2, 0) is 4.74 Å². The second kappa shape index (κ2) is 6.54. The van der Waals surface area contributed by atoms with Gasteiger partial charge < -0.3 is 9.64 Å². The van der Waals surface area contributed by atoms with Crippen molar-refractivity contribution in [2.75, 3.05) is 31.2 Å². The van der Waals surface area contributed by atoms with Crippen molar-refractivity contribution in [1.82, 2.24) is 20.2 Å². The highest BCUT2D eigenvalue weighted by atomic mass is 32.2. The van der Waals surface area contributed by atoms with Gasteiger partial charge in [-0.05, 0) is 17.8 Å². The average molecular weight is 367 g/mol. The van der Waals surface area contributed by atoms with Gasteiger partial charge in [-0.2, -0.15) is 0 Å². The molecule has 0 aliphatic carbocycles. The third kappa shape index (κ3) is 3.04. The van der Waals surface area contributed by atoms with E-state index in [0.717, 1.165) is 30.4 Å². The van der Waals surface area contributed by atoms with Crippen LogP contribution in [0, 0.1) is 11.6 Å². The van der Waals surface area contributed by atoms with E-state index in [0.29, 0.717) is 33.5 Å². The SMILES string of the molecule is Fc1cc2ncnc(Sc3nnc(N4CCOCC4)s3)c2cc1F. The molecule has 0 spiro atoms. The summed E-state index contributed by atoms with van der Waals surface area (Å²) in [5.74, 6) is -1.85. The molecule has 0 N–H and O–H groups in total. The highest BCUT2D eigenvalue weighted by Crippen LogP contribution is 2.35. The zero-order valence-electron chi connectivity index (χ0n) is 12.3. The lowest BCUT2D eigenvalue weighted by Gasteiger charge is -2.25. The quantitative estimate of drug-likeness (QED) is 0.660. The zero-order valence-corrected chi connectivity index (χ0v) is 13.9. The van der Waals surface area contributed by atoms with E-state index in [1.54, 1.807) is 0 Å². The molecule has 3 aromatic rings. The number of aromatic nitrogens is 4. The minimum Gasteiger partial charge on any atom is -0.378 e. The normalized spacial score (nSPS) is 15.2. The van der Waals surface area contributed by atoms with Crippen LogP contribution in [0.5, 0.6) is 0 Å². The molecule has 1 aromatic carbocycles. The maximum atomic E-state index is 13.5. The van der Waals surface area contributed by atoms with E-state index in [-0.39, 0.29) is 0 Å². The van der Waals surface area contributed by atoms with Crippen LogP contribution in [0.2, 0.25) is 0 Å². The van der Waals surface area contributed by atoms with E-state index >= 15 is 0 Å². The summed E-state index contributed by atoms with van der Waals surface area (Å²) < 4.78 is 32.9. The third-order valence-corrected chi connectivity index (χ3v) is 5.56. The van der Waals surface area contributed by atoms with Gasteiger partial charge in [0.2, 0.25) is 5.13 Å². The topological polar surface area (TPSA) is 64.0 Å². The summed E-state index contributed by atoms with van der Waals surface area (Å²) in [4.78, 5) is 10.3. The van der Waals surface area contributed by atoms with Crippen LogP contribution in [0.15, 0.2) is 27.8 Å². The van der Waals surface area contributed by atoms with Crippen LogP contribution in [0.3, 0.4) is 0 Å². The van der Waals surface area contributed by atoms with Crippen molar-refractivity contribution in [3.8, 4) is 0 Å². The maximum absolute atomic E-state index is 13.5. The zero-order chi connectivity index (χ0) is 16.5. The first-order chi connectivity index (χ1) is 11.7. The molecule has 1 saturated heterocycles. The first-order valence-electron chi connectivity index (χ1n) is 7.14. The van der Waals surface area contributed by atoms with Crippen LogP contribution in [0.25, 0.3) is 10.9 Å². The molecule has 0 atom stereocenters. The molecule has 6 nitrogen and oxygen atoms in total. The Kier molecular flexibility index (Phi) is 4.25. The molecule has 10 heteroatoms. The third-order valence-electron chi connectivity index (χ3n) is 3.50. The lowest BCUT2D eigenvalue weighted by Crippen LogP contribution is -2.36. The van der Waals surface area contributed by atoms with Crippen LogP contribution in [0.1, 0.15) is 0 Å². The van der Waals surface area contributed by atoms with E-state index in [9.17, 15) is 8.78 Å². The number of nitrogens with zero attached hydrogens (tertiary/aromatic N) is 5. The van der Waals surface area contributed by atoms with Crippen molar-refractivity contribution in [2.45, 2.75) is 9.37 Å². The number of ether oxygens (including phenoxy) is 1. The Balaban J connectivity index is 1.62. The number of anilines is 1. The minimum absolute atomic E-state index is 0.351. The molecule has 0 unspecified atom stereocenters. The van der Waals surface area contributed by atoms with Crippen LogP contribution in [-0.4, -0.2) is 46.5 Å². The fourth-order valence-electron chi connectivity index (χ4n) is 2.32. The molecule has 24 heavy (non-hydrogen) atoms. The molecule has 1 fully saturated rings. The van der Waals surface area contributed by atoms with E-state index in [2.05, 4.69) is 25.1 Å². The number of hydrogen-bond donors (Lipinski definition) is 0. The van der Waals surface area contributed by atoms with Crippen molar-refractivity contribution in [3.05, 3.63) is 30.1 Å². The minimum atomic E-state index is -0.928. The first-order valence-corrected chi connectivity index (χ1v) is 8.78. The average Bonchev–Trinajstić information content (AvgIpc) is 3.06. The number of rotatable bonds is 3. The van der Waals surface area contributed by atoms with Gasteiger partial charge in [-0.1, -0.05) is 11.3 Å². The number of morpholine rings is 1. The summed E-state index contributed by atoms with van der Waals surface area (Å²) in [6, 6.07) is 2.17. The van der Waals surface area contributed by atoms with E-state index in [4.69, 9.17) is 4.74 Å². The highest BCUT2D eigenvalue weighted by Gasteiger charge is 2.17. The van der Waals surface area contributed by atoms with Gasteiger partial charge >= 0.3 is 0 Å². The molecule has 0 radical (unpaired) electrons. The molecule has 0 saturated carbocycles. The lowest BCUT2D eigenvalue weighted by atomic mass is 10.2. The lowest BCUT2D eigenvalue weighted by molar-refractivity contribution is 0.122. The Morgan fingerprint density at radius 2 is 1.88 bits per heavy atom. The van der Waals surface area contributed by atoms with Gasteiger partial charge in [0.1, 0.15) is 11.4 Å². The van der Waals surface area contributed by atoms with Crippen molar-refractivity contribution in [1.29, 1.82) is 0 Å². The molecule has 0 amide bonds. The summed E-state index contributed by atoms with van der Waals surface area (Å²) in [6.07, 6.45) is 1.33. The smallest absolute Gasteiger partial charge is 0.209 e. The first kappa shape index (κ1) is 15.6. The number of halogens is 2. The summed E-state index contributed by atoms with van der Waals surface area (Å²) in [5.41, 5.74) is 0.351. The number of benzene rings is 1. The molecule has 1 aliphatic heterocycles. The molecular weight excluding hydrogens is 356 g/mol. The van der Waals surface area contributed by atoms with Crippen molar-refractivity contribution in [3.63, 3.8) is 0 Å². The maximum Gasteiger partial charge on any atom is 0.209 e. The van der Waals surface area contributed by atoms with Crippen molar-refractivity contribution >= 4 is 39.1 Å². The van der Waals surface area contributed by atoms with E-state index in [1.165, 1.54) is 29.4 Å². The number of hydrogen-bond acceptors (Lipinski definition) is 8. The fraction of sp³-hybridized carbons (Fsp3) is 0.286. The summed E-state index contributed by atoms with van der Waals surface area (Å²) in [5, 5.41) is 10.1. The van der Waals surface area contributed by atoms with Gasteiger partial charge in [0.25, 0.3) is 0 Å². The monoisotopic (exact) mass is 367 g/mol. The van der Waals surface area contributed by atoms with Crippen molar-refractivity contribution in [2.24, 2.45) is 0 Å². The Bertz CT molecular complexity index is 885. The van der Waals surface area contributed by atoms with Gasteiger partial charge in [-0.3, -0.25) is 0 Å². The van der Waals surface area contributed by atoms with Gasteiger partial charge in [0.15, 0.2) is 16.0 Å². The Labute approximate surface area is 143 Å². The predicted octanol–water partition coefficient (Wildman–Crippen LogP) is 2.75. The van der Waals surface area contributed by atoms with Gasteiger partial charge in [0.05, 0.1) is 18.7 Å². The van der Waals surface area contributed by atoms with E-state index in [1.807, 2.05) is 0 Å². The van der Waals surface area contributed by atoms with Gasteiger partial charge in [-0.15, -0.1) is 10.2 Å². The van der Waals surface area contributed by atoms with Crippen molar-refractivity contribution < 1.29 is 13.5 Å². The molecule has 124 valence electrons. The Morgan fingerprint density at radius 1 is 1.08 bits per heavy atom. The standard InChI is InChI=1S/C14H11F2N5OS2/c15-9-5-8-11(6-10(9)16)17-7-18-12(8)23-14-20-19-13(24-14)21-1-3-22-4-2-21/h5-7H,1-4H2. The fourth-order valence-corrected chi connectivity index (χ4v) is 4.20. The van der Waals surface area contributed by atoms with Crippen LogP contribution in [0.4, 0.5) is 13.9 Å². The molecule has 3 heterocycles. The molecule has 0 bridgehead atoms. The highest BCUT2D eigenvalue weighted by molar-refractivity contribution is 8.01. The summed E-state index contributed by atoms with van der Waals surface area (Å²) in [7, 11) is 0. The van der Waals surface area contributed by atoms with Gasteiger partial charge in [-0.25, -0.2) is 18.7 Å². The largest absolute Gasteiger partial charge is 0.378 e. The Morgan fingerprint density at radius 3 is 2.71 bits per heavy atom. The second-order valence-electron chi connectivity index (χ2n) is 5.01. The van der Waals surface area contributed by atoms with Crippen LogP contribution < -0.4 is 4.90 Å². The summed E-state index contributed by atoms with van der Waals surface area (Å²) >= 11 is 2.70. The summed E-state index contributed by atoms with van der Waals surface area (Å²) in [6.45, 7) is 2.90. The molecule has 1 aliphatic rings. The van der Waals surface area contributed by atoms with E-state index < -0.39 is 11.6 Å². The molecular formula is C14H11F2N5OS2. The second-order valence-corrected chi connectivity index (χ2v) is 7.21.